The average molecular weight is 413 g/mol. The Morgan fingerprint density at radius 1 is 0.893 bits per heavy atom. The molecule has 3 rings (SSSR count). The van der Waals surface area contributed by atoms with Crippen LogP contribution in [-0.2, 0) is 29.3 Å². The zero-order chi connectivity index (χ0) is 20.4. The van der Waals surface area contributed by atoms with Crippen LogP contribution in [0.5, 0.6) is 0 Å². The number of hydrogen-bond donors (Lipinski definition) is 0. The molecule has 3 aromatic rings. The van der Waals surface area contributed by atoms with Crippen molar-refractivity contribution in [3.8, 4) is 0 Å². The number of alkyl halides is 3. The zero-order valence-corrected chi connectivity index (χ0v) is 15.2. The molecule has 28 heavy (non-hydrogen) atoms. The van der Waals surface area contributed by atoms with Crippen LogP contribution >= 0.6 is 0 Å². The summed E-state index contributed by atoms with van der Waals surface area (Å²) in [7, 11) is -4.27. The molecule has 0 saturated heterocycles. The van der Waals surface area contributed by atoms with Crippen molar-refractivity contribution in [2.75, 3.05) is 0 Å². The maximum atomic E-state index is 14.1. The molecule has 0 amide bonds. The summed E-state index contributed by atoms with van der Waals surface area (Å²) in [6, 6.07) is 12.1. The molecule has 0 aliphatic heterocycles. The van der Waals surface area contributed by atoms with Gasteiger partial charge in [0.05, 0.1) is 18.4 Å². The predicted molar refractivity (Wildman–Crippen MR) is 93.0 cm³/mol. The van der Waals surface area contributed by atoms with Crippen LogP contribution in [0.2, 0.25) is 0 Å². The number of rotatable bonds is 6. The summed E-state index contributed by atoms with van der Waals surface area (Å²) in [4.78, 5) is -0.520. The Morgan fingerprint density at radius 2 is 1.57 bits per heavy atom. The lowest BCUT2D eigenvalue weighted by molar-refractivity contribution is -0.137. The number of benzene rings is 2. The molecule has 0 unspecified atom stereocenters. The summed E-state index contributed by atoms with van der Waals surface area (Å²) >= 11 is 0. The third-order valence-corrected chi connectivity index (χ3v) is 5.83. The predicted octanol–water partition coefficient (Wildman–Crippen LogP) is 4.83. The standard InChI is InChI=1S/C19H15F4NO3S/c20-17-5-1-2-6-18(17)28(25,26)24(13-16-4-3-11-27-16)12-14-7-9-15(10-8-14)19(21,22)23/h1-11H,12-13H2. The highest BCUT2D eigenvalue weighted by Gasteiger charge is 2.31. The van der Waals surface area contributed by atoms with Gasteiger partial charge in [-0.2, -0.15) is 17.5 Å². The molecule has 2 aromatic carbocycles. The lowest BCUT2D eigenvalue weighted by Crippen LogP contribution is -2.30. The van der Waals surface area contributed by atoms with Gasteiger partial charge in [-0.1, -0.05) is 24.3 Å². The van der Waals surface area contributed by atoms with Gasteiger partial charge >= 0.3 is 6.18 Å². The Bertz CT molecular complexity index is 1030. The fraction of sp³-hybridized carbons (Fsp3) is 0.158. The molecule has 1 heterocycles. The second kappa shape index (κ2) is 7.76. The number of sulfonamides is 1. The largest absolute Gasteiger partial charge is 0.468 e. The monoisotopic (exact) mass is 413 g/mol. The first-order valence-corrected chi connectivity index (χ1v) is 9.55. The molecular formula is C19H15F4NO3S. The van der Waals surface area contributed by atoms with Crippen molar-refractivity contribution < 1.29 is 30.4 Å². The van der Waals surface area contributed by atoms with Crippen molar-refractivity contribution >= 4 is 10.0 Å². The second-order valence-corrected chi connectivity index (χ2v) is 7.88. The summed E-state index contributed by atoms with van der Waals surface area (Å²) < 4.78 is 84.4. The first-order chi connectivity index (χ1) is 13.2. The third-order valence-electron chi connectivity index (χ3n) is 4.01. The number of halogens is 4. The second-order valence-electron chi connectivity index (χ2n) is 5.98. The van der Waals surface area contributed by atoms with E-state index in [0.29, 0.717) is 11.3 Å². The normalized spacial score (nSPS) is 12.5. The lowest BCUT2D eigenvalue weighted by Gasteiger charge is -2.22. The highest BCUT2D eigenvalue weighted by Crippen LogP contribution is 2.30. The maximum absolute atomic E-state index is 14.1. The Hall–Kier alpha value is -2.65. The molecule has 0 aliphatic carbocycles. The Kier molecular flexibility index (Phi) is 5.57. The topological polar surface area (TPSA) is 50.5 Å². The molecule has 148 valence electrons. The van der Waals surface area contributed by atoms with Crippen LogP contribution in [0.3, 0.4) is 0 Å². The van der Waals surface area contributed by atoms with Gasteiger partial charge in [0.1, 0.15) is 16.5 Å². The number of hydrogen-bond acceptors (Lipinski definition) is 3. The molecule has 9 heteroatoms. The van der Waals surface area contributed by atoms with Gasteiger partial charge in [0.2, 0.25) is 10.0 Å². The van der Waals surface area contributed by atoms with E-state index in [-0.39, 0.29) is 13.1 Å². The van der Waals surface area contributed by atoms with Crippen LogP contribution in [0.15, 0.2) is 76.2 Å². The molecule has 0 radical (unpaired) electrons. The van der Waals surface area contributed by atoms with Crippen LogP contribution in [0, 0.1) is 5.82 Å². The molecular weight excluding hydrogens is 398 g/mol. The minimum Gasteiger partial charge on any atom is -0.468 e. The van der Waals surface area contributed by atoms with Crippen LogP contribution < -0.4 is 0 Å². The smallest absolute Gasteiger partial charge is 0.416 e. The van der Waals surface area contributed by atoms with E-state index in [9.17, 15) is 26.0 Å². The summed E-state index contributed by atoms with van der Waals surface area (Å²) in [6.07, 6.45) is -3.13. The van der Waals surface area contributed by atoms with E-state index in [4.69, 9.17) is 4.42 Å². The van der Waals surface area contributed by atoms with Gasteiger partial charge < -0.3 is 4.42 Å². The number of furan rings is 1. The molecule has 0 spiro atoms. The third kappa shape index (κ3) is 4.42. The summed E-state index contributed by atoms with van der Waals surface area (Å²) in [5.41, 5.74) is -0.523. The van der Waals surface area contributed by atoms with Crippen molar-refractivity contribution in [3.63, 3.8) is 0 Å². The molecule has 0 atom stereocenters. The first-order valence-electron chi connectivity index (χ1n) is 8.11. The maximum Gasteiger partial charge on any atom is 0.416 e. The molecule has 4 nitrogen and oxygen atoms in total. The minimum absolute atomic E-state index is 0.204. The average Bonchev–Trinajstić information content (AvgIpc) is 3.14. The summed E-state index contributed by atoms with van der Waals surface area (Å²) in [5.74, 6) is -0.605. The molecule has 0 fully saturated rings. The SMILES string of the molecule is O=S(=O)(c1ccccc1F)N(Cc1ccc(C(F)(F)F)cc1)Cc1ccco1. The van der Waals surface area contributed by atoms with E-state index in [0.717, 1.165) is 28.6 Å². The van der Waals surface area contributed by atoms with Gasteiger partial charge in [-0.15, -0.1) is 0 Å². The van der Waals surface area contributed by atoms with Crippen LogP contribution in [0.4, 0.5) is 17.6 Å². The van der Waals surface area contributed by atoms with Crippen LogP contribution in [-0.4, -0.2) is 12.7 Å². The van der Waals surface area contributed by atoms with Crippen LogP contribution in [0.1, 0.15) is 16.9 Å². The van der Waals surface area contributed by atoms with E-state index in [1.54, 1.807) is 12.1 Å². The number of nitrogens with zero attached hydrogens (tertiary/aromatic N) is 1. The lowest BCUT2D eigenvalue weighted by atomic mass is 10.1. The summed E-state index contributed by atoms with van der Waals surface area (Å²) in [6.45, 7) is -0.458. The van der Waals surface area contributed by atoms with Crippen molar-refractivity contribution in [3.05, 3.63) is 89.6 Å². The van der Waals surface area contributed by atoms with E-state index in [1.807, 2.05) is 0 Å². The fourth-order valence-corrected chi connectivity index (χ4v) is 4.06. The Morgan fingerprint density at radius 3 is 2.14 bits per heavy atom. The van der Waals surface area contributed by atoms with E-state index < -0.39 is 32.5 Å². The molecule has 0 N–H and O–H groups in total. The van der Waals surface area contributed by atoms with E-state index in [2.05, 4.69) is 0 Å². The van der Waals surface area contributed by atoms with Crippen LogP contribution in [0.25, 0.3) is 0 Å². The van der Waals surface area contributed by atoms with Gasteiger partial charge in [0.15, 0.2) is 0 Å². The Balaban J connectivity index is 1.95. The highest BCUT2D eigenvalue weighted by molar-refractivity contribution is 7.89. The molecule has 0 aliphatic rings. The minimum atomic E-state index is -4.49. The van der Waals surface area contributed by atoms with Crippen molar-refractivity contribution in [1.29, 1.82) is 0 Å². The van der Waals surface area contributed by atoms with Gasteiger partial charge in [-0.05, 0) is 42.0 Å². The van der Waals surface area contributed by atoms with E-state index in [1.165, 1.54) is 30.5 Å². The quantitative estimate of drug-likeness (QED) is 0.544. The Labute approximate surface area is 159 Å². The van der Waals surface area contributed by atoms with Crippen molar-refractivity contribution in [2.45, 2.75) is 24.2 Å². The highest BCUT2D eigenvalue weighted by atomic mass is 32.2. The first kappa shape index (κ1) is 20.1. The molecule has 0 saturated carbocycles. The molecule has 1 aromatic heterocycles. The zero-order valence-electron chi connectivity index (χ0n) is 14.4. The van der Waals surface area contributed by atoms with Gasteiger partial charge in [-0.25, -0.2) is 12.8 Å². The van der Waals surface area contributed by atoms with Crippen molar-refractivity contribution in [2.24, 2.45) is 0 Å². The van der Waals surface area contributed by atoms with E-state index >= 15 is 0 Å². The molecule has 0 bridgehead atoms. The van der Waals surface area contributed by atoms with Gasteiger partial charge in [0, 0.05) is 6.54 Å². The summed E-state index contributed by atoms with van der Waals surface area (Å²) in [5, 5.41) is 0. The van der Waals surface area contributed by atoms with Crippen molar-refractivity contribution in [1.82, 2.24) is 4.31 Å². The fourth-order valence-electron chi connectivity index (χ4n) is 2.60. The van der Waals surface area contributed by atoms with Gasteiger partial charge in [-0.3, -0.25) is 0 Å². The van der Waals surface area contributed by atoms with Gasteiger partial charge in [0.25, 0.3) is 0 Å².